The van der Waals surface area contributed by atoms with Crippen molar-refractivity contribution in [1.29, 1.82) is 0 Å². The summed E-state index contributed by atoms with van der Waals surface area (Å²) < 4.78 is 32.4. The van der Waals surface area contributed by atoms with Crippen molar-refractivity contribution in [2.24, 2.45) is 0 Å². The molecule has 0 radical (unpaired) electrons. The molecule has 0 saturated heterocycles. The number of ether oxygens (including phenoxy) is 2. The summed E-state index contributed by atoms with van der Waals surface area (Å²) in [5, 5.41) is 3.03. The Hall–Kier alpha value is -0.170. The van der Waals surface area contributed by atoms with E-state index in [9.17, 15) is 8.42 Å². The van der Waals surface area contributed by atoms with Gasteiger partial charge in [0, 0.05) is 39.2 Å². The molecule has 0 bridgehead atoms. The van der Waals surface area contributed by atoms with Crippen LogP contribution in [-0.2, 0) is 19.3 Å². The monoisotopic (exact) mass is 253 g/mol. The van der Waals surface area contributed by atoms with Crippen molar-refractivity contribution in [1.82, 2.24) is 5.32 Å². The minimum absolute atomic E-state index is 0.202. The molecule has 6 heteroatoms. The lowest BCUT2D eigenvalue weighted by atomic mass is 10.5. The zero-order valence-electron chi connectivity index (χ0n) is 10.2. The van der Waals surface area contributed by atoms with Gasteiger partial charge in [0.2, 0.25) is 0 Å². The van der Waals surface area contributed by atoms with E-state index in [1.54, 1.807) is 14.0 Å². The third-order valence-electron chi connectivity index (χ3n) is 2.09. The number of hydrogen-bond acceptors (Lipinski definition) is 5. The Balaban J connectivity index is 3.16. The van der Waals surface area contributed by atoms with Crippen molar-refractivity contribution in [2.75, 3.05) is 51.5 Å². The molecule has 0 aromatic heterocycles. The third-order valence-corrected chi connectivity index (χ3v) is 3.80. The first-order valence-electron chi connectivity index (χ1n) is 5.60. The second kappa shape index (κ2) is 10.0. The molecule has 0 fully saturated rings. The fourth-order valence-electron chi connectivity index (χ4n) is 1.05. The van der Waals surface area contributed by atoms with Gasteiger partial charge in [-0.3, -0.25) is 0 Å². The largest absolute Gasteiger partial charge is 0.385 e. The van der Waals surface area contributed by atoms with Crippen LogP contribution in [-0.4, -0.2) is 59.9 Å². The lowest BCUT2D eigenvalue weighted by molar-refractivity contribution is 0.104. The minimum Gasteiger partial charge on any atom is -0.385 e. The van der Waals surface area contributed by atoms with E-state index in [4.69, 9.17) is 9.47 Å². The SMILES string of the molecule is CCS(=O)(=O)CCNCCOCCCOC. The van der Waals surface area contributed by atoms with Crippen LogP contribution in [0.1, 0.15) is 13.3 Å². The predicted molar refractivity (Wildman–Crippen MR) is 64.5 cm³/mol. The molecule has 0 aliphatic carbocycles. The summed E-state index contributed by atoms with van der Waals surface area (Å²) in [6.45, 7) is 4.85. The van der Waals surface area contributed by atoms with Crippen LogP contribution in [0.2, 0.25) is 0 Å². The molecule has 0 rings (SSSR count). The topological polar surface area (TPSA) is 64.6 Å². The molecule has 0 saturated carbocycles. The first-order chi connectivity index (χ1) is 7.62. The van der Waals surface area contributed by atoms with Gasteiger partial charge in [0.25, 0.3) is 0 Å². The molecule has 98 valence electrons. The Morgan fingerprint density at radius 2 is 1.88 bits per heavy atom. The Bertz CT molecular complexity index is 241. The molecular weight excluding hydrogens is 230 g/mol. The van der Waals surface area contributed by atoms with Gasteiger partial charge >= 0.3 is 0 Å². The van der Waals surface area contributed by atoms with Crippen molar-refractivity contribution in [3.8, 4) is 0 Å². The normalized spacial score (nSPS) is 11.9. The van der Waals surface area contributed by atoms with E-state index in [2.05, 4.69) is 5.32 Å². The maximum Gasteiger partial charge on any atom is 0.151 e. The summed E-state index contributed by atoms with van der Waals surface area (Å²) in [7, 11) is -1.18. The lowest BCUT2D eigenvalue weighted by Gasteiger charge is -2.06. The highest BCUT2D eigenvalue weighted by Gasteiger charge is 2.05. The van der Waals surface area contributed by atoms with E-state index in [-0.39, 0.29) is 11.5 Å². The van der Waals surface area contributed by atoms with E-state index >= 15 is 0 Å². The summed E-state index contributed by atoms with van der Waals surface area (Å²) in [5.41, 5.74) is 0. The predicted octanol–water partition coefficient (Wildman–Crippen LogP) is 0.0638. The van der Waals surface area contributed by atoms with Crippen molar-refractivity contribution >= 4 is 9.84 Å². The highest BCUT2D eigenvalue weighted by molar-refractivity contribution is 7.91. The Labute approximate surface area is 98.4 Å². The molecule has 0 unspecified atom stereocenters. The van der Waals surface area contributed by atoms with Crippen LogP contribution in [0.4, 0.5) is 0 Å². The standard InChI is InChI=1S/C10H23NO4S/c1-3-16(12,13)10-6-11-5-9-15-8-4-7-14-2/h11H,3-10H2,1-2H3. The molecule has 0 aliphatic heterocycles. The summed E-state index contributed by atoms with van der Waals surface area (Å²) in [6.07, 6.45) is 0.890. The molecule has 1 N–H and O–H groups in total. The lowest BCUT2D eigenvalue weighted by Crippen LogP contribution is -2.27. The molecule has 0 aromatic carbocycles. The van der Waals surface area contributed by atoms with E-state index in [1.807, 2.05) is 0 Å². The van der Waals surface area contributed by atoms with Gasteiger partial charge in [-0.2, -0.15) is 0 Å². The van der Waals surface area contributed by atoms with Gasteiger partial charge in [-0.25, -0.2) is 8.42 Å². The first-order valence-corrected chi connectivity index (χ1v) is 7.42. The quantitative estimate of drug-likeness (QED) is 0.528. The van der Waals surface area contributed by atoms with Crippen molar-refractivity contribution in [2.45, 2.75) is 13.3 Å². The zero-order chi connectivity index (χ0) is 12.3. The smallest absolute Gasteiger partial charge is 0.151 e. The third kappa shape index (κ3) is 10.4. The number of sulfone groups is 1. The van der Waals surface area contributed by atoms with E-state index in [1.165, 1.54) is 0 Å². The summed E-state index contributed by atoms with van der Waals surface area (Å²) in [5.74, 6) is 0.412. The zero-order valence-corrected chi connectivity index (χ0v) is 11.0. The highest BCUT2D eigenvalue weighted by atomic mass is 32.2. The molecule has 0 aliphatic rings. The maximum atomic E-state index is 11.1. The fourth-order valence-corrected chi connectivity index (χ4v) is 1.79. The van der Waals surface area contributed by atoms with E-state index in [0.29, 0.717) is 32.9 Å². The van der Waals surface area contributed by atoms with Gasteiger partial charge in [0.1, 0.15) is 0 Å². The van der Waals surface area contributed by atoms with Crippen LogP contribution in [0.3, 0.4) is 0 Å². The van der Waals surface area contributed by atoms with Gasteiger partial charge in [0.15, 0.2) is 9.84 Å². The highest BCUT2D eigenvalue weighted by Crippen LogP contribution is 1.87. The summed E-state index contributed by atoms with van der Waals surface area (Å²) in [6, 6.07) is 0. The van der Waals surface area contributed by atoms with Gasteiger partial charge < -0.3 is 14.8 Å². The van der Waals surface area contributed by atoms with Crippen LogP contribution in [0, 0.1) is 0 Å². The van der Waals surface area contributed by atoms with Gasteiger partial charge in [-0.15, -0.1) is 0 Å². The Kier molecular flexibility index (Phi) is 9.91. The Morgan fingerprint density at radius 1 is 1.12 bits per heavy atom. The minimum atomic E-state index is -2.84. The molecule has 16 heavy (non-hydrogen) atoms. The van der Waals surface area contributed by atoms with Crippen molar-refractivity contribution in [3.63, 3.8) is 0 Å². The van der Waals surface area contributed by atoms with Gasteiger partial charge in [0.05, 0.1) is 12.4 Å². The summed E-state index contributed by atoms with van der Waals surface area (Å²) in [4.78, 5) is 0. The average Bonchev–Trinajstić information content (AvgIpc) is 2.27. The second-order valence-corrected chi connectivity index (χ2v) is 5.92. The molecular formula is C10H23NO4S. The Morgan fingerprint density at radius 3 is 2.50 bits per heavy atom. The van der Waals surface area contributed by atoms with Crippen molar-refractivity contribution < 1.29 is 17.9 Å². The number of hydrogen-bond donors (Lipinski definition) is 1. The van der Waals surface area contributed by atoms with E-state index < -0.39 is 9.84 Å². The fraction of sp³-hybridized carbons (Fsp3) is 1.00. The molecule has 0 atom stereocenters. The molecule has 0 heterocycles. The number of nitrogens with one attached hydrogen (secondary N) is 1. The first kappa shape index (κ1) is 15.8. The maximum absolute atomic E-state index is 11.1. The van der Waals surface area contributed by atoms with Crippen LogP contribution < -0.4 is 5.32 Å². The molecule has 5 nitrogen and oxygen atoms in total. The van der Waals surface area contributed by atoms with Gasteiger partial charge in [-0.1, -0.05) is 6.92 Å². The average molecular weight is 253 g/mol. The molecule has 0 spiro atoms. The van der Waals surface area contributed by atoms with Crippen LogP contribution in [0.15, 0.2) is 0 Å². The van der Waals surface area contributed by atoms with Crippen LogP contribution >= 0.6 is 0 Å². The summed E-state index contributed by atoms with van der Waals surface area (Å²) >= 11 is 0. The second-order valence-electron chi connectivity index (χ2n) is 3.45. The number of rotatable bonds is 11. The van der Waals surface area contributed by atoms with Crippen LogP contribution in [0.5, 0.6) is 0 Å². The molecule has 0 amide bonds. The van der Waals surface area contributed by atoms with E-state index in [0.717, 1.165) is 6.42 Å². The van der Waals surface area contributed by atoms with Gasteiger partial charge in [-0.05, 0) is 6.42 Å². The van der Waals surface area contributed by atoms with Crippen LogP contribution in [0.25, 0.3) is 0 Å². The number of methoxy groups -OCH3 is 1. The molecule has 0 aromatic rings. The van der Waals surface area contributed by atoms with Crippen molar-refractivity contribution in [3.05, 3.63) is 0 Å².